The number of benzene rings is 3. The zero-order valence-corrected chi connectivity index (χ0v) is 18.6. The molecule has 1 amide bonds. The van der Waals surface area contributed by atoms with Crippen molar-refractivity contribution in [2.75, 3.05) is 23.3 Å². The van der Waals surface area contributed by atoms with Crippen LogP contribution in [-0.2, 0) is 21.2 Å². The van der Waals surface area contributed by atoms with Crippen molar-refractivity contribution in [2.45, 2.75) is 24.3 Å². The van der Waals surface area contributed by atoms with Gasteiger partial charge in [0.15, 0.2) is 6.61 Å². The highest BCUT2D eigenvalue weighted by Crippen LogP contribution is 2.32. The van der Waals surface area contributed by atoms with Gasteiger partial charge in [0.1, 0.15) is 11.5 Å². The molecule has 1 atom stereocenters. The molecule has 0 spiro atoms. The Hall–Kier alpha value is -3.52. The first-order valence-electron chi connectivity index (χ1n) is 10.2. The number of anilines is 2. The van der Waals surface area contributed by atoms with Crippen molar-refractivity contribution < 1.29 is 22.7 Å². The van der Waals surface area contributed by atoms with Crippen LogP contribution in [0, 0.1) is 0 Å². The van der Waals surface area contributed by atoms with E-state index in [1.165, 1.54) is 31.4 Å². The van der Waals surface area contributed by atoms with Gasteiger partial charge in [-0.2, -0.15) is 0 Å². The molecule has 4 rings (SSSR count). The quantitative estimate of drug-likeness (QED) is 0.589. The van der Waals surface area contributed by atoms with E-state index >= 15 is 0 Å². The van der Waals surface area contributed by atoms with E-state index < -0.39 is 10.0 Å². The van der Waals surface area contributed by atoms with Gasteiger partial charge in [0.25, 0.3) is 15.9 Å². The lowest BCUT2D eigenvalue weighted by Crippen LogP contribution is -2.39. The SMILES string of the molecule is COc1cccc(NS(=O)(=O)c2ccc(OCC(=O)N3c4ccccc4C[C@@H]3C)cc2)c1. The predicted molar refractivity (Wildman–Crippen MR) is 123 cm³/mol. The molecule has 0 aromatic heterocycles. The fourth-order valence-corrected chi connectivity index (χ4v) is 4.83. The maximum Gasteiger partial charge on any atom is 0.265 e. The number of carbonyl (C=O) groups is 1. The fourth-order valence-electron chi connectivity index (χ4n) is 3.78. The first-order chi connectivity index (χ1) is 15.4. The summed E-state index contributed by atoms with van der Waals surface area (Å²) < 4.78 is 38.6. The Balaban J connectivity index is 1.40. The highest BCUT2D eigenvalue weighted by atomic mass is 32.2. The molecule has 8 heteroatoms. The monoisotopic (exact) mass is 452 g/mol. The number of fused-ring (bicyclic) bond motifs is 1. The van der Waals surface area contributed by atoms with Crippen LogP contribution in [0.1, 0.15) is 12.5 Å². The van der Waals surface area contributed by atoms with E-state index in [9.17, 15) is 13.2 Å². The Bertz CT molecular complexity index is 1230. The van der Waals surface area contributed by atoms with Crippen molar-refractivity contribution in [2.24, 2.45) is 0 Å². The molecule has 3 aromatic rings. The molecule has 0 unspecified atom stereocenters. The highest BCUT2D eigenvalue weighted by Gasteiger charge is 2.30. The standard InChI is InChI=1S/C24H24N2O5S/c1-17-14-18-6-3-4-9-23(18)26(17)24(27)16-31-20-10-12-22(13-11-20)32(28,29)25-19-7-5-8-21(15-19)30-2/h3-13,15,17,25H,14,16H2,1-2H3/t17-/m0/s1. The van der Waals surface area contributed by atoms with Crippen molar-refractivity contribution in [3.63, 3.8) is 0 Å². The summed E-state index contributed by atoms with van der Waals surface area (Å²) in [6.45, 7) is 1.87. The van der Waals surface area contributed by atoms with Crippen molar-refractivity contribution in [3.05, 3.63) is 78.4 Å². The molecule has 1 aliphatic rings. The smallest absolute Gasteiger partial charge is 0.265 e. The predicted octanol–water partition coefficient (Wildman–Crippen LogP) is 3.85. The minimum Gasteiger partial charge on any atom is -0.497 e. The fraction of sp³-hybridized carbons (Fsp3) is 0.208. The largest absolute Gasteiger partial charge is 0.497 e. The summed E-state index contributed by atoms with van der Waals surface area (Å²) >= 11 is 0. The van der Waals surface area contributed by atoms with Gasteiger partial charge >= 0.3 is 0 Å². The van der Waals surface area contributed by atoms with Crippen LogP contribution in [0.3, 0.4) is 0 Å². The van der Waals surface area contributed by atoms with E-state index in [0.29, 0.717) is 17.2 Å². The van der Waals surface area contributed by atoms with Gasteiger partial charge in [-0.05, 0) is 61.4 Å². The topological polar surface area (TPSA) is 84.9 Å². The van der Waals surface area contributed by atoms with Crippen LogP contribution in [-0.4, -0.2) is 34.1 Å². The first-order valence-corrected chi connectivity index (χ1v) is 11.7. The number of sulfonamides is 1. The van der Waals surface area contributed by atoms with Crippen LogP contribution in [0.15, 0.2) is 77.7 Å². The van der Waals surface area contributed by atoms with Crippen LogP contribution in [0.5, 0.6) is 11.5 Å². The number of carbonyl (C=O) groups excluding carboxylic acids is 1. The van der Waals surface area contributed by atoms with Crippen LogP contribution in [0.2, 0.25) is 0 Å². The van der Waals surface area contributed by atoms with Gasteiger partial charge in [-0.1, -0.05) is 24.3 Å². The van der Waals surface area contributed by atoms with Gasteiger partial charge in [-0.3, -0.25) is 9.52 Å². The number of rotatable bonds is 7. The zero-order chi connectivity index (χ0) is 22.7. The summed E-state index contributed by atoms with van der Waals surface area (Å²) in [5.41, 5.74) is 2.46. The Kier molecular flexibility index (Phi) is 6.05. The number of amides is 1. The van der Waals surface area contributed by atoms with E-state index in [1.54, 1.807) is 29.2 Å². The molecule has 0 saturated carbocycles. The molecule has 0 radical (unpaired) electrons. The number of methoxy groups -OCH3 is 1. The van der Waals surface area contributed by atoms with Crippen molar-refractivity contribution in [1.82, 2.24) is 0 Å². The van der Waals surface area contributed by atoms with Gasteiger partial charge in [0.05, 0.1) is 17.7 Å². The third-order valence-electron chi connectivity index (χ3n) is 5.29. The third kappa shape index (κ3) is 4.55. The maximum absolute atomic E-state index is 12.8. The molecule has 1 N–H and O–H groups in total. The van der Waals surface area contributed by atoms with Crippen molar-refractivity contribution in [1.29, 1.82) is 0 Å². The summed E-state index contributed by atoms with van der Waals surface area (Å²) in [4.78, 5) is 14.6. The minimum atomic E-state index is -3.78. The van der Waals surface area contributed by atoms with Gasteiger partial charge in [0, 0.05) is 17.8 Å². The zero-order valence-electron chi connectivity index (χ0n) is 17.8. The Morgan fingerprint density at radius 1 is 1.03 bits per heavy atom. The van der Waals surface area contributed by atoms with E-state index in [4.69, 9.17) is 9.47 Å². The third-order valence-corrected chi connectivity index (χ3v) is 6.69. The number of nitrogens with zero attached hydrogens (tertiary/aromatic N) is 1. The lowest BCUT2D eigenvalue weighted by atomic mass is 10.1. The number of ether oxygens (including phenoxy) is 2. The van der Waals surface area contributed by atoms with E-state index in [2.05, 4.69) is 4.72 Å². The van der Waals surface area contributed by atoms with Gasteiger partial charge < -0.3 is 14.4 Å². The van der Waals surface area contributed by atoms with Gasteiger partial charge in [-0.25, -0.2) is 8.42 Å². The number of hydrogen-bond acceptors (Lipinski definition) is 5. The average Bonchev–Trinajstić information content (AvgIpc) is 3.13. The minimum absolute atomic E-state index is 0.0682. The Morgan fingerprint density at radius 2 is 1.78 bits per heavy atom. The second-order valence-electron chi connectivity index (χ2n) is 7.54. The summed E-state index contributed by atoms with van der Waals surface area (Å²) in [7, 11) is -2.26. The molecule has 3 aromatic carbocycles. The van der Waals surface area contributed by atoms with Gasteiger partial charge in [-0.15, -0.1) is 0 Å². The summed E-state index contributed by atoms with van der Waals surface area (Å²) in [5, 5.41) is 0. The van der Waals surface area contributed by atoms with E-state index in [-0.39, 0.29) is 23.5 Å². The van der Waals surface area contributed by atoms with Crippen LogP contribution >= 0.6 is 0 Å². The Labute approximate surface area is 187 Å². The highest BCUT2D eigenvalue weighted by molar-refractivity contribution is 7.92. The molecule has 1 aliphatic heterocycles. The van der Waals surface area contributed by atoms with E-state index in [0.717, 1.165) is 17.7 Å². The number of para-hydroxylation sites is 1. The lowest BCUT2D eigenvalue weighted by Gasteiger charge is -2.22. The van der Waals surface area contributed by atoms with Crippen molar-refractivity contribution in [3.8, 4) is 11.5 Å². The van der Waals surface area contributed by atoms with Crippen LogP contribution in [0.4, 0.5) is 11.4 Å². The molecular weight excluding hydrogens is 428 g/mol. The lowest BCUT2D eigenvalue weighted by molar-refractivity contribution is -0.120. The molecule has 1 heterocycles. The summed E-state index contributed by atoms with van der Waals surface area (Å²) in [6.07, 6.45) is 0.814. The second kappa shape index (κ2) is 8.92. The summed E-state index contributed by atoms with van der Waals surface area (Å²) in [5.74, 6) is 0.825. The molecular formula is C24H24N2O5S. The van der Waals surface area contributed by atoms with Crippen LogP contribution in [0.25, 0.3) is 0 Å². The molecule has 0 saturated heterocycles. The molecule has 0 bridgehead atoms. The first kappa shape index (κ1) is 21.7. The average molecular weight is 453 g/mol. The molecule has 7 nitrogen and oxygen atoms in total. The number of hydrogen-bond donors (Lipinski definition) is 1. The second-order valence-corrected chi connectivity index (χ2v) is 9.23. The molecule has 166 valence electrons. The summed E-state index contributed by atoms with van der Waals surface area (Å²) in [6, 6.07) is 20.5. The van der Waals surface area contributed by atoms with Crippen molar-refractivity contribution >= 4 is 27.3 Å². The Morgan fingerprint density at radius 3 is 2.53 bits per heavy atom. The molecule has 0 fully saturated rings. The normalized spacial score (nSPS) is 15.2. The number of nitrogens with one attached hydrogen (secondary N) is 1. The van der Waals surface area contributed by atoms with E-state index in [1.807, 2.05) is 31.2 Å². The molecule has 32 heavy (non-hydrogen) atoms. The molecule has 0 aliphatic carbocycles. The van der Waals surface area contributed by atoms with Gasteiger partial charge in [0.2, 0.25) is 0 Å². The van der Waals surface area contributed by atoms with Crippen LogP contribution < -0.4 is 19.1 Å². The maximum atomic E-state index is 12.8.